The Morgan fingerprint density at radius 3 is 2.78 bits per heavy atom. The first-order valence-electron chi connectivity index (χ1n) is 6.35. The molecule has 1 unspecified atom stereocenters. The fourth-order valence-corrected chi connectivity index (χ4v) is 2.06. The van der Waals surface area contributed by atoms with E-state index < -0.39 is 0 Å². The molecule has 0 aromatic carbocycles. The van der Waals surface area contributed by atoms with Gasteiger partial charge < -0.3 is 10.3 Å². The third kappa shape index (κ3) is 2.98. The summed E-state index contributed by atoms with van der Waals surface area (Å²) in [4.78, 5) is 4.31. The van der Waals surface area contributed by atoms with E-state index in [1.165, 1.54) is 5.56 Å². The van der Waals surface area contributed by atoms with Gasteiger partial charge in [0.15, 0.2) is 0 Å². The second kappa shape index (κ2) is 5.35. The summed E-state index contributed by atoms with van der Waals surface area (Å²) >= 11 is 0. The number of hydrogen-bond acceptors (Lipinski definition) is 3. The van der Waals surface area contributed by atoms with Gasteiger partial charge in [0.25, 0.3) is 0 Å². The summed E-state index contributed by atoms with van der Waals surface area (Å²) in [5.41, 5.74) is 7.06. The normalized spacial score (nSPS) is 13.2. The number of nitrogens with zero attached hydrogens (tertiary/aromatic N) is 4. The Labute approximate surface area is 108 Å². The van der Waals surface area contributed by atoms with E-state index >= 15 is 0 Å². The molecule has 2 heterocycles. The van der Waals surface area contributed by atoms with E-state index in [-0.39, 0.29) is 6.04 Å². The Bertz CT molecular complexity index is 495. The summed E-state index contributed by atoms with van der Waals surface area (Å²) in [6.45, 7) is 6.98. The lowest BCUT2D eigenvalue weighted by atomic mass is 10.1. The molecule has 5 nitrogen and oxygen atoms in total. The summed E-state index contributed by atoms with van der Waals surface area (Å²) in [5.74, 6) is 0.980. The minimum absolute atomic E-state index is 0.195. The zero-order chi connectivity index (χ0) is 13.1. The SMILES string of the molecule is CC(N)Cc1ccn(Cc2ncnn2C(C)C)c1. The van der Waals surface area contributed by atoms with Crippen LogP contribution < -0.4 is 5.73 Å². The molecule has 5 heteroatoms. The van der Waals surface area contributed by atoms with Crippen molar-refractivity contribution in [3.05, 3.63) is 36.2 Å². The van der Waals surface area contributed by atoms with Crippen LogP contribution in [0.25, 0.3) is 0 Å². The lowest BCUT2D eigenvalue weighted by molar-refractivity contribution is 0.496. The Hall–Kier alpha value is -1.62. The first-order valence-corrected chi connectivity index (χ1v) is 6.35. The van der Waals surface area contributed by atoms with Crippen molar-refractivity contribution in [1.29, 1.82) is 0 Å². The molecule has 0 fully saturated rings. The summed E-state index contributed by atoms with van der Waals surface area (Å²) in [6.07, 6.45) is 6.71. The average molecular weight is 247 g/mol. The molecule has 0 saturated heterocycles. The quantitative estimate of drug-likeness (QED) is 0.873. The highest BCUT2D eigenvalue weighted by Gasteiger charge is 2.08. The largest absolute Gasteiger partial charge is 0.346 e. The van der Waals surface area contributed by atoms with Crippen LogP contribution in [-0.2, 0) is 13.0 Å². The topological polar surface area (TPSA) is 61.7 Å². The van der Waals surface area contributed by atoms with Crippen LogP contribution in [0.1, 0.15) is 38.2 Å². The molecule has 0 spiro atoms. The molecule has 98 valence electrons. The molecule has 0 saturated carbocycles. The van der Waals surface area contributed by atoms with Crippen LogP contribution in [0.5, 0.6) is 0 Å². The number of rotatable bonds is 5. The number of nitrogens with two attached hydrogens (primary N) is 1. The molecule has 0 amide bonds. The third-order valence-electron chi connectivity index (χ3n) is 2.83. The van der Waals surface area contributed by atoms with Gasteiger partial charge in [0, 0.05) is 24.5 Å². The summed E-state index contributed by atoms with van der Waals surface area (Å²) in [7, 11) is 0. The smallest absolute Gasteiger partial charge is 0.147 e. The van der Waals surface area contributed by atoms with E-state index in [2.05, 4.69) is 47.0 Å². The molecule has 0 bridgehead atoms. The van der Waals surface area contributed by atoms with Crippen molar-refractivity contribution in [2.45, 2.75) is 45.8 Å². The lowest BCUT2D eigenvalue weighted by Crippen LogP contribution is -2.17. The number of aromatic nitrogens is 4. The molecule has 2 N–H and O–H groups in total. The zero-order valence-electron chi connectivity index (χ0n) is 11.2. The van der Waals surface area contributed by atoms with Crippen molar-refractivity contribution in [1.82, 2.24) is 19.3 Å². The van der Waals surface area contributed by atoms with E-state index in [1.807, 2.05) is 11.6 Å². The van der Waals surface area contributed by atoms with Gasteiger partial charge in [-0.3, -0.25) is 0 Å². The van der Waals surface area contributed by atoms with E-state index in [9.17, 15) is 0 Å². The van der Waals surface area contributed by atoms with Crippen LogP contribution in [0.3, 0.4) is 0 Å². The zero-order valence-corrected chi connectivity index (χ0v) is 11.2. The van der Waals surface area contributed by atoms with E-state index in [0.717, 1.165) is 18.8 Å². The third-order valence-corrected chi connectivity index (χ3v) is 2.83. The summed E-state index contributed by atoms with van der Waals surface area (Å²) in [6, 6.07) is 2.64. The van der Waals surface area contributed by atoms with E-state index in [4.69, 9.17) is 5.73 Å². The Kier molecular flexibility index (Phi) is 3.81. The Morgan fingerprint density at radius 1 is 1.33 bits per heavy atom. The fraction of sp³-hybridized carbons (Fsp3) is 0.538. The van der Waals surface area contributed by atoms with Crippen LogP contribution in [0.4, 0.5) is 0 Å². The summed E-state index contributed by atoms with van der Waals surface area (Å²) in [5, 5.41) is 4.24. The van der Waals surface area contributed by atoms with Gasteiger partial charge >= 0.3 is 0 Å². The molecule has 0 aliphatic carbocycles. The highest BCUT2D eigenvalue weighted by molar-refractivity contribution is 5.12. The van der Waals surface area contributed by atoms with Crippen LogP contribution in [0, 0.1) is 0 Å². The molecular formula is C13H21N5. The molecule has 0 aliphatic rings. The minimum Gasteiger partial charge on any atom is -0.346 e. The first-order chi connectivity index (χ1) is 8.56. The predicted octanol–water partition coefficient (Wildman–Crippen LogP) is 1.60. The molecule has 2 aromatic rings. The van der Waals surface area contributed by atoms with Crippen molar-refractivity contribution in [2.24, 2.45) is 5.73 Å². The maximum absolute atomic E-state index is 5.80. The van der Waals surface area contributed by atoms with Gasteiger partial charge in [-0.15, -0.1) is 0 Å². The predicted molar refractivity (Wildman–Crippen MR) is 71.3 cm³/mol. The highest BCUT2D eigenvalue weighted by atomic mass is 15.4. The maximum atomic E-state index is 5.80. The van der Waals surface area contributed by atoms with Gasteiger partial charge in [0.05, 0.1) is 6.54 Å². The molecule has 0 aliphatic heterocycles. The van der Waals surface area contributed by atoms with Gasteiger partial charge in [-0.25, -0.2) is 9.67 Å². The van der Waals surface area contributed by atoms with Crippen molar-refractivity contribution < 1.29 is 0 Å². The highest BCUT2D eigenvalue weighted by Crippen LogP contribution is 2.09. The molecule has 0 radical (unpaired) electrons. The van der Waals surface area contributed by atoms with Gasteiger partial charge in [0.2, 0.25) is 0 Å². The van der Waals surface area contributed by atoms with Crippen LogP contribution in [-0.4, -0.2) is 25.4 Å². The van der Waals surface area contributed by atoms with Crippen molar-refractivity contribution in [2.75, 3.05) is 0 Å². The van der Waals surface area contributed by atoms with Crippen LogP contribution in [0.15, 0.2) is 24.8 Å². The second-order valence-corrected chi connectivity index (χ2v) is 5.09. The maximum Gasteiger partial charge on any atom is 0.147 e. The second-order valence-electron chi connectivity index (χ2n) is 5.09. The van der Waals surface area contributed by atoms with Gasteiger partial charge in [-0.05, 0) is 38.8 Å². The Morgan fingerprint density at radius 2 is 2.11 bits per heavy atom. The molecule has 2 aromatic heterocycles. The average Bonchev–Trinajstić information content (AvgIpc) is 2.87. The Balaban J connectivity index is 2.09. The standard InChI is InChI=1S/C13H21N5/c1-10(2)18-13(15-9-16-18)8-17-5-4-12(7-17)6-11(3)14/h4-5,7,9-11H,6,8,14H2,1-3H3. The van der Waals surface area contributed by atoms with E-state index in [1.54, 1.807) is 6.33 Å². The van der Waals surface area contributed by atoms with Gasteiger partial charge in [-0.2, -0.15) is 5.10 Å². The summed E-state index contributed by atoms with van der Waals surface area (Å²) < 4.78 is 4.08. The molecular weight excluding hydrogens is 226 g/mol. The molecule has 1 atom stereocenters. The monoisotopic (exact) mass is 247 g/mol. The van der Waals surface area contributed by atoms with Crippen LogP contribution >= 0.6 is 0 Å². The van der Waals surface area contributed by atoms with Crippen molar-refractivity contribution in [3.8, 4) is 0 Å². The minimum atomic E-state index is 0.195. The van der Waals surface area contributed by atoms with E-state index in [0.29, 0.717) is 6.04 Å². The molecule has 18 heavy (non-hydrogen) atoms. The fourth-order valence-electron chi connectivity index (χ4n) is 2.06. The van der Waals surface area contributed by atoms with Gasteiger partial charge in [0.1, 0.15) is 12.2 Å². The van der Waals surface area contributed by atoms with Crippen molar-refractivity contribution >= 4 is 0 Å². The van der Waals surface area contributed by atoms with Crippen LogP contribution in [0.2, 0.25) is 0 Å². The van der Waals surface area contributed by atoms with Gasteiger partial charge in [-0.1, -0.05) is 0 Å². The number of hydrogen-bond donors (Lipinski definition) is 1. The molecule has 2 rings (SSSR count). The van der Waals surface area contributed by atoms with Crippen molar-refractivity contribution in [3.63, 3.8) is 0 Å². The lowest BCUT2D eigenvalue weighted by Gasteiger charge is -2.09. The first kappa shape index (κ1) is 12.8.